The Morgan fingerprint density at radius 3 is 2.64 bits per heavy atom. The molecule has 1 heterocycles. The first-order valence-corrected chi connectivity index (χ1v) is 8.07. The number of hydrogen-bond donors (Lipinski definition) is 2. The van der Waals surface area contributed by atoms with Crippen LogP contribution in [0.5, 0.6) is 5.75 Å². The number of benzene rings is 2. The summed E-state index contributed by atoms with van der Waals surface area (Å²) in [4.78, 5) is 20.1. The number of aromatic hydroxyl groups is 1. The Bertz CT molecular complexity index is 876. The maximum Gasteiger partial charge on any atom is 0.159 e. The van der Waals surface area contributed by atoms with Crippen LogP contribution in [0, 0.1) is 0 Å². The molecule has 0 aliphatic rings. The fraction of sp³-hybridized carbons (Fsp3) is 0.150. The van der Waals surface area contributed by atoms with Crippen molar-refractivity contribution in [3.05, 3.63) is 72.1 Å². The zero-order valence-electron chi connectivity index (χ0n) is 13.9. The van der Waals surface area contributed by atoms with Crippen LogP contribution in [0.2, 0.25) is 0 Å². The summed E-state index contributed by atoms with van der Waals surface area (Å²) in [6.07, 6.45) is 2.33. The van der Waals surface area contributed by atoms with Gasteiger partial charge in [0.15, 0.2) is 5.78 Å². The lowest BCUT2D eigenvalue weighted by atomic mass is 10.1. The molecule has 3 rings (SSSR count). The van der Waals surface area contributed by atoms with Gasteiger partial charge in [0.25, 0.3) is 0 Å². The minimum Gasteiger partial charge on any atom is -0.508 e. The molecule has 0 unspecified atom stereocenters. The lowest BCUT2D eigenvalue weighted by Gasteiger charge is -2.08. The highest BCUT2D eigenvalue weighted by Gasteiger charge is 2.05. The van der Waals surface area contributed by atoms with Crippen LogP contribution in [0.15, 0.2) is 60.9 Å². The predicted octanol–water partition coefficient (Wildman–Crippen LogP) is 3.71. The number of rotatable bonds is 6. The van der Waals surface area contributed by atoms with Crippen molar-refractivity contribution in [1.29, 1.82) is 0 Å². The number of phenolic OH excluding ortho intramolecular Hbond substituents is 1. The summed E-state index contributed by atoms with van der Waals surface area (Å²) in [5.41, 5.74) is 3.45. The second kappa shape index (κ2) is 7.57. The van der Waals surface area contributed by atoms with Crippen LogP contribution in [0.1, 0.15) is 22.8 Å². The Morgan fingerprint density at radius 1 is 1.08 bits per heavy atom. The van der Waals surface area contributed by atoms with E-state index in [1.54, 1.807) is 25.1 Å². The summed E-state index contributed by atoms with van der Waals surface area (Å²) in [5, 5.41) is 12.6. The highest BCUT2D eigenvalue weighted by molar-refractivity contribution is 5.95. The van der Waals surface area contributed by atoms with Gasteiger partial charge in [-0.05, 0) is 37.1 Å². The van der Waals surface area contributed by atoms with Gasteiger partial charge in [0.05, 0.1) is 5.69 Å². The molecule has 25 heavy (non-hydrogen) atoms. The first-order chi connectivity index (χ1) is 12.1. The number of carbonyl (C=O) groups is 1. The molecule has 2 aromatic carbocycles. The number of nitrogens with zero attached hydrogens (tertiary/aromatic N) is 2. The van der Waals surface area contributed by atoms with Crippen molar-refractivity contribution in [2.45, 2.75) is 13.3 Å². The third-order valence-corrected chi connectivity index (χ3v) is 3.89. The van der Waals surface area contributed by atoms with Gasteiger partial charge in [0.1, 0.15) is 17.9 Å². The molecular weight excluding hydrogens is 314 g/mol. The van der Waals surface area contributed by atoms with Crippen molar-refractivity contribution in [2.75, 3.05) is 11.9 Å². The molecule has 0 radical (unpaired) electrons. The fourth-order valence-corrected chi connectivity index (χ4v) is 2.51. The number of carbonyl (C=O) groups excluding carboxylic acids is 1. The second-order valence-electron chi connectivity index (χ2n) is 5.77. The topological polar surface area (TPSA) is 75.1 Å². The van der Waals surface area contributed by atoms with Crippen molar-refractivity contribution in [3.63, 3.8) is 0 Å². The summed E-state index contributed by atoms with van der Waals surface area (Å²) in [5.74, 6) is 1.03. The maximum atomic E-state index is 11.5. The summed E-state index contributed by atoms with van der Waals surface area (Å²) in [7, 11) is 0. The monoisotopic (exact) mass is 333 g/mol. The number of anilines is 1. The van der Waals surface area contributed by atoms with Gasteiger partial charge in [-0.2, -0.15) is 0 Å². The quantitative estimate of drug-likeness (QED) is 0.673. The van der Waals surface area contributed by atoms with Crippen molar-refractivity contribution in [3.8, 4) is 17.0 Å². The van der Waals surface area contributed by atoms with E-state index in [0.29, 0.717) is 12.1 Å². The van der Waals surface area contributed by atoms with E-state index < -0.39 is 0 Å². The van der Waals surface area contributed by atoms with Gasteiger partial charge in [-0.3, -0.25) is 4.79 Å². The molecule has 0 saturated carbocycles. The maximum absolute atomic E-state index is 11.5. The van der Waals surface area contributed by atoms with Crippen LogP contribution in [0.25, 0.3) is 11.3 Å². The number of nitrogens with one attached hydrogen (secondary N) is 1. The molecule has 0 amide bonds. The van der Waals surface area contributed by atoms with Crippen LogP contribution in [-0.4, -0.2) is 27.4 Å². The number of Topliss-reactive ketones (excluding diaryl/α,β-unsaturated/α-hetero) is 1. The molecule has 2 N–H and O–H groups in total. The fourth-order valence-electron chi connectivity index (χ4n) is 2.51. The standard InChI is InChI=1S/C20H19N3O2/c1-14(24)16-3-2-4-17(11-16)19-12-20(23-13-22-19)21-10-9-15-5-7-18(25)8-6-15/h2-8,11-13,25H,9-10H2,1H3,(H,21,22,23). The van der Waals surface area contributed by atoms with Crippen LogP contribution < -0.4 is 5.32 Å². The molecule has 0 spiro atoms. The number of phenols is 1. The summed E-state index contributed by atoms with van der Waals surface area (Å²) < 4.78 is 0. The molecule has 126 valence electrons. The third kappa shape index (κ3) is 4.41. The zero-order chi connectivity index (χ0) is 17.6. The lowest BCUT2D eigenvalue weighted by molar-refractivity contribution is 0.101. The van der Waals surface area contributed by atoms with Crippen molar-refractivity contribution < 1.29 is 9.90 Å². The summed E-state index contributed by atoms with van der Waals surface area (Å²) in [6, 6.07) is 16.4. The number of aromatic nitrogens is 2. The smallest absolute Gasteiger partial charge is 0.159 e. The van der Waals surface area contributed by atoms with Gasteiger partial charge >= 0.3 is 0 Å². The molecule has 5 nitrogen and oxygen atoms in total. The van der Waals surface area contributed by atoms with E-state index in [0.717, 1.165) is 29.1 Å². The van der Waals surface area contributed by atoms with E-state index in [9.17, 15) is 9.90 Å². The Hall–Kier alpha value is -3.21. The second-order valence-corrected chi connectivity index (χ2v) is 5.77. The van der Waals surface area contributed by atoms with E-state index in [-0.39, 0.29) is 11.5 Å². The summed E-state index contributed by atoms with van der Waals surface area (Å²) in [6.45, 7) is 2.27. The minimum atomic E-state index is 0.0307. The number of hydrogen-bond acceptors (Lipinski definition) is 5. The van der Waals surface area contributed by atoms with Crippen LogP contribution in [-0.2, 0) is 6.42 Å². The average molecular weight is 333 g/mol. The van der Waals surface area contributed by atoms with E-state index in [2.05, 4.69) is 15.3 Å². The van der Waals surface area contributed by atoms with Gasteiger partial charge < -0.3 is 10.4 Å². The molecule has 0 bridgehead atoms. The average Bonchev–Trinajstić information content (AvgIpc) is 2.64. The van der Waals surface area contributed by atoms with E-state index in [4.69, 9.17) is 0 Å². The van der Waals surface area contributed by atoms with Crippen molar-refractivity contribution in [2.24, 2.45) is 0 Å². The Balaban J connectivity index is 1.68. The first kappa shape index (κ1) is 16.6. The van der Waals surface area contributed by atoms with E-state index in [1.807, 2.05) is 36.4 Å². The van der Waals surface area contributed by atoms with Gasteiger partial charge in [-0.15, -0.1) is 0 Å². The SMILES string of the molecule is CC(=O)c1cccc(-c2cc(NCCc3ccc(O)cc3)ncn2)c1. The zero-order valence-corrected chi connectivity index (χ0v) is 13.9. The van der Waals surface area contributed by atoms with Gasteiger partial charge in [0, 0.05) is 23.7 Å². The normalized spacial score (nSPS) is 10.4. The first-order valence-electron chi connectivity index (χ1n) is 8.07. The molecule has 0 aliphatic carbocycles. The van der Waals surface area contributed by atoms with Crippen molar-refractivity contribution >= 4 is 11.6 Å². The predicted molar refractivity (Wildman–Crippen MR) is 97.8 cm³/mol. The molecule has 0 saturated heterocycles. The highest BCUT2D eigenvalue weighted by Crippen LogP contribution is 2.20. The Kier molecular flexibility index (Phi) is 5.04. The van der Waals surface area contributed by atoms with E-state index in [1.165, 1.54) is 6.33 Å². The molecule has 0 atom stereocenters. The van der Waals surface area contributed by atoms with Gasteiger partial charge in [-0.1, -0.05) is 30.3 Å². The third-order valence-electron chi connectivity index (χ3n) is 3.89. The molecule has 0 aliphatic heterocycles. The van der Waals surface area contributed by atoms with Crippen LogP contribution in [0.3, 0.4) is 0 Å². The molecule has 5 heteroatoms. The summed E-state index contributed by atoms with van der Waals surface area (Å²) >= 11 is 0. The van der Waals surface area contributed by atoms with Crippen LogP contribution >= 0.6 is 0 Å². The Morgan fingerprint density at radius 2 is 1.88 bits per heavy atom. The minimum absolute atomic E-state index is 0.0307. The molecule has 3 aromatic rings. The van der Waals surface area contributed by atoms with Crippen LogP contribution in [0.4, 0.5) is 5.82 Å². The van der Waals surface area contributed by atoms with E-state index >= 15 is 0 Å². The van der Waals surface area contributed by atoms with Crippen molar-refractivity contribution in [1.82, 2.24) is 9.97 Å². The van der Waals surface area contributed by atoms with Gasteiger partial charge in [0.2, 0.25) is 0 Å². The molecule has 0 fully saturated rings. The van der Waals surface area contributed by atoms with Gasteiger partial charge in [-0.25, -0.2) is 9.97 Å². The molecule has 1 aromatic heterocycles. The highest BCUT2D eigenvalue weighted by atomic mass is 16.3. The number of ketones is 1. The largest absolute Gasteiger partial charge is 0.508 e. The Labute approximate surface area is 146 Å². The molecular formula is C20H19N3O2. The lowest BCUT2D eigenvalue weighted by Crippen LogP contribution is -2.06.